The smallest absolute Gasteiger partial charge is 0.227 e. The second-order valence-corrected chi connectivity index (χ2v) is 5.99. The third-order valence-electron chi connectivity index (χ3n) is 3.59. The Balaban J connectivity index is 1.94. The van der Waals surface area contributed by atoms with E-state index in [-0.39, 0.29) is 11.9 Å². The van der Waals surface area contributed by atoms with Gasteiger partial charge in [0.15, 0.2) is 0 Å². The summed E-state index contributed by atoms with van der Waals surface area (Å²) in [4.78, 5) is 14.1. The van der Waals surface area contributed by atoms with Crippen LogP contribution in [-0.2, 0) is 11.2 Å². The normalized spacial score (nSPS) is 24.1. The fourth-order valence-electron chi connectivity index (χ4n) is 2.28. The highest BCUT2D eigenvalue weighted by Gasteiger charge is 2.25. The summed E-state index contributed by atoms with van der Waals surface area (Å²) < 4.78 is 1.04. The van der Waals surface area contributed by atoms with E-state index in [4.69, 9.17) is 5.73 Å². The molecule has 98 valence electrons. The fraction of sp³-hybridized carbons (Fsp3) is 0.500. The van der Waals surface area contributed by atoms with Crippen LogP contribution in [0.2, 0.25) is 0 Å². The van der Waals surface area contributed by atoms with Crippen molar-refractivity contribution in [2.75, 3.05) is 13.1 Å². The standard InChI is InChI=1S/C14H19BrN2O/c1-10-9-17(7-6-13(10)16)14(18)8-11-2-4-12(15)5-3-11/h2-5,10,13H,6-9,16H2,1H3. The van der Waals surface area contributed by atoms with Gasteiger partial charge in [0.05, 0.1) is 6.42 Å². The van der Waals surface area contributed by atoms with Gasteiger partial charge < -0.3 is 10.6 Å². The number of halogens is 1. The number of carbonyl (C=O) groups is 1. The van der Waals surface area contributed by atoms with E-state index in [0.29, 0.717) is 12.3 Å². The number of hydrogen-bond donors (Lipinski definition) is 1. The number of amides is 1. The van der Waals surface area contributed by atoms with E-state index < -0.39 is 0 Å². The van der Waals surface area contributed by atoms with Crippen LogP contribution in [0.4, 0.5) is 0 Å². The lowest BCUT2D eigenvalue weighted by molar-refractivity contribution is -0.132. The van der Waals surface area contributed by atoms with Crippen LogP contribution in [0.25, 0.3) is 0 Å². The molecule has 1 heterocycles. The number of nitrogens with zero attached hydrogens (tertiary/aromatic N) is 1. The Labute approximate surface area is 116 Å². The summed E-state index contributed by atoms with van der Waals surface area (Å²) in [5.41, 5.74) is 7.03. The van der Waals surface area contributed by atoms with E-state index in [1.807, 2.05) is 29.2 Å². The van der Waals surface area contributed by atoms with Gasteiger partial charge in [0.2, 0.25) is 5.91 Å². The van der Waals surface area contributed by atoms with Gasteiger partial charge in [-0.15, -0.1) is 0 Å². The molecule has 0 aromatic heterocycles. The van der Waals surface area contributed by atoms with E-state index in [2.05, 4.69) is 22.9 Å². The fourth-order valence-corrected chi connectivity index (χ4v) is 2.54. The lowest BCUT2D eigenvalue weighted by atomic mass is 9.94. The van der Waals surface area contributed by atoms with Crippen molar-refractivity contribution in [2.24, 2.45) is 11.7 Å². The molecule has 0 spiro atoms. The highest BCUT2D eigenvalue weighted by atomic mass is 79.9. The molecule has 1 aromatic rings. The van der Waals surface area contributed by atoms with Crippen LogP contribution >= 0.6 is 15.9 Å². The number of hydrogen-bond acceptors (Lipinski definition) is 2. The Kier molecular flexibility index (Phi) is 4.40. The third kappa shape index (κ3) is 3.33. The molecule has 0 radical (unpaired) electrons. The van der Waals surface area contributed by atoms with E-state index in [1.54, 1.807) is 0 Å². The van der Waals surface area contributed by atoms with Gasteiger partial charge in [0, 0.05) is 23.6 Å². The summed E-state index contributed by atoms with van der Waals surface area (Å²) in [5, 5.41) is 0. The minimum atomic E-state index is 0.205. The molecule has 1 amide bonds. The Morgan fingerprint density at radius 3 is 2.72 bits per heavy atom. The van der Waals surface area contributed by atoms with Crippen LogP contribution in [0.1, 0.15) is 18.9 Å². The molecule has 1 aliphatic rings. The molecule has 4 heteroatoms. The summed E-state index contributed by atoms with van der Waals surface area (Å²) in [6.45, 7) is 3.70. The minimum Gasteiger partial charge on any atom is -0.342 e. The van der Waals surface area contributed by atoms with Crippen LogP contribution in [0.3, 0.4) is 0 Å². The number of rotatable bonds is 2. The first-order valence-corrected chi connectivity index (χ1v) is 7.13. The minimum absolute atomic E-state index is 0.205. The van der Waals surface area contributed by atoms with Gasteiger partial charge in [-0.25, -0.2) is 0 Å². The molecule has 2 N–H and O–H groups in total. The molecule has 0 bridgehead atoms. The largest absolute Gasteiger partial charge is 0.342 e. The second kappa shape index (κ2) is 5.85. The first-order valence-electron chi connectivity index (χ1n) is 6.34. The quantitative estimate of drug-likeness (QED) is 0.910. The highest BCUT2D eigenvalue weighted by molar-refractivity contribution is 9.10. The van der Waals surface area contributed by atoms with Crippen molar-refractivity contribution in [3.05, 3.63) is 34.3 Å². The van der Waals surface area contributed by atoms with E-state index >= 15 is 0 Å². The Bertz CT molecular complexity index is 418. The number of nitrogens with two attached hydrogens (primary N) is 1. The Morgan fingerprint density at radius 1 is 1.44 bits per heavy atom. The molecule has 0 aliphatic carbocycles. The third-order valence-corrected chi connectivity index (χ3v) is 4.12. The van der Waals surface area contributed by atoms with Crippen LogP contribution < -0.4 is 5.73 Å². The molecule has 1 saturated heterocycles. The number of piperidine rings is 1. The topological polar surface area (TPSA) is 46.3 Å². The summed E-state index contributed by atoms with van der Waals surface area (Å²) in [6.07, 6.45) is 1.39. The van der Waals surface area contributed by atoms with E-state index in [1.165, 1.54) is 0 Å². The average molecular weight is 311 g/mol. The van der Waals surface area contributed by atoms with Crippen LogP contribution in [0, 0.1) is 5.92 Å². The molecule has 0 saturated carbocycles. The first kappa shape index (κ1) is 13.6. The van der Waals surface area contributed by atoms with Crippen LogP contribution in [0.15, 0.2) is 28.7 Å². The Hall–Kier alpha value is -0.870. The van der Waals surface area contributed by atoms with Crippen molar-refractivity contribution < 1.29 is 4.79 Å². The van der Waals surface area contributed by atoms with Gasteiger partial charge in [0.25, 0.3) is 0 Å². The molecule has 2 unspecified atom stereocenters. The zero-order valence-corrected chi connectivity index (χ0v) is 12.2. The van der Waals surface area contributed by atoms with Crippen molar-refractivity contribution in [3.8, 4) is 0 Å². The molecular formula is C14H19BrN2O. The molecule has 18 heavy (non-hydrogen) atoms. The number of likely N-dealkylation sites (tertiary alicyclic amines) is 1. The van der Waals surface area contributed by atoms with Gasteiger partial charge in [-0.3, -0.25) is 4.79 Å². The molecule has 3 nitrogen and oxygen atoms in total. The zero-order valence-electron chi connectivity index (χ0n) is 10.6. The number of benzene rings is 1. The first-order chi connectivity index (χ1) is 8.56. The molecule has 1 aromatic carbocycles. The molecule has 2 rings (SSSR count). The van der Waals surface area contributed by atoms with Gasteiger partial charge in [0.1, 0.15) is 0 Å². The maximum Gasteiger partial charge on any atom is 0.227 e. The SMILES string of the molecule is CC1CN(C(=O)Cc2ccc(Br)cc2)CCC1N. The summed E-state index contributed by atoms with van der Waals surface area (Å²) in [7, 11) is 0. The van der Waals surface area contributed by atoms with Gasteiger partial charge in [-0.1, -0.05) is 35.0 Å². The second-order valence-electron chi connectivity index (χ2n) is 5.07. The van der Waals surface area contributed by atoms with Crippen molar-refractivity contribution in [2.45, 2.75) is 25.8 Å². The Morgan fingerprint density at radius 2 is 2.11 bits per heavy atom. The highest BCUT2D eigenvalue weighted by Crippen LogP contribution is 2.17. The number of carbonyl (C=O) groups excluding carboxylic acids is 1. The van der Waals surface area contributed by atoms with Gasteiger partial charge in [-0.2, -0.15) is 0 Å². The van der Waals surface area contributed by atoms with Gasteiger partial charge >= 0.3 is 0 Å². The van der Waals surface area contributed by atoms with Gasteiger partial charge in [-0.05, 0) is 30.0 Å². The predicted octanol–water partition coefficient (Wildman–Crippen LogP) is 2.19. The lowest BCUT2D eigenvalue weighted by Crippen LogP contribution is -2.48. The maximum absolute atomic E-state index is 12.2. The summed E-state index contributed by atoms with van der Waals surface area (Å²) >= 11 is 3.39. The van der Waals surface area contributed by atoms with Crippen LogP contribution in [-0.4, -0.2) is 29.9 Å². The van der Waals surface area contributed by atoms with Crippen molar-refractivity contribution in [1.29, 1.82) is 0 Å². The predicted molar refractivity (Wildman–Crippen MR) is 76.2 cm³/mol. The zero-order chi connectivity index (χ0) is 13.1. The summed E-state index contributed by atoms with van der Waals surface area (Å²) in [5.74, 6) is 0.601. The molecular weight excluding hydrogens is 292 g/mol. The van der Waals surface area contributed by atoms with E-state index in [0.717, 1.165) is 29.5 Å². The van der Waals surface area contributed by atoms with E-state index in [9.17, 15) is 4.79 Å². The summed E-state index contributed by atoms with van der Waals surface area (Å²) in [6, 6.07) is 8.15. The lowest BCUT2D eigenvalue weighted by Gasteiger charge is -2.35. The monoisotopic (exact) mass is 310 g/mol. The van der Waals surface area contributed by atoms with Crippen LogP contribution in [0.5, 0.6) is 0 Å². The molecule has 1 aliphatic heterocycles. The molecule has 1 fully saturated rings. The van der Waals surface area contributed by atoms with Crippen molar-refractivity contribution in [1.82, 2.24) is 4.90 Å². The van der Waals surface area contributed by atoms with Crippen molar-refractivity contribution >= 4 is 21.8 Å². The molecule has 2 atom stereocenters. The average Bonchev–Trinajstić information content (AvgIpc) is 2.35. The van der Waals surface area contributed by atoms with Crippen molar-refractivity contribution in [3.63, 3.8) is 0 Å². The maximum atomic E-state index is 12.2.